The van der Waals surface area contributed by atoms with Crippen LogP contribution in [0.5, 0.6) is 0 Å². The van der Waals surface area contributed by atoms with Crippen molar-refractivity contribution < 1.29 is 0 Å². The monoisotopic (exact) mass is 212 g/mol. The number of benzene rings is 1. The van der Waals surface area contributed by atoms with Gasteiger partial charge in [-0.1, -0.05) is 6.92 Å². The van der Waals surface area contributed by atoms with Crippen LogP contribution >= 0.6 is 0 Å². The summed E-state index contributed by atoms with van der Waals surface area (Å²) in [6.07, 6.45) is 4.34. The van der Waals surface area contributed by atoms with Gasteiger partial charge in [-0.3, -0.25) is 9.97 Å². The molecule has 16 heavy (non-hydrogen) atoms. The van der Waals surface area contributed by atoms with Crippen molar-refractivity contribution in [3.63, 3.8) is 0 Å². The van der Waals surface area contributed by atoms with Gasteiger partial charge in [0.15, 0.2) is 0 Å². The van der Waals surface area contributed by atoms with E-state index in [1.54, 1.807) is 12.4 Å². The molecular weight excluding hydrogens is 200 g/mol. The summed E-state index contributed by atoms with van der Waals surface area (Å²) >= 11 is 0. The van der Waals surface area contributed by atoms with Crippen LogP contribution in [-0.4, -0.2) is 19.5 Å². The molecule has 0 N–H and O–H groups in total. The second kappa shape index (κ2) is 3.27. The van der Waals surface area contributed by atoms with Gasteiger partial charge < -0.3 is 4.57 Å². The summed E-state index contributed by atoms with van der Waals surface area (Å²) in [7, 11) is 2.04. The topological polar surface area (TPSA) is 43.6 Å². The first kappa shape index (κ1) is 9.27. The molecule has 0 bridgehead atoms. The number of imidazole rings is 1. The second-order valence-corrected chi connectivity index (χ2v) is 3.80. The molecule has 2 heterocycles. The summed E-state index contributed by atoms with van der Waals surface area (Å²) < 4.78 is 2.11. The lowest BCUT2D eigenvalue weighted by Crippen LogP contribution is -1.94. The van der Waals surface area contributed by atoms with Crippen molar-refractivity contribution in [2.24, 2.45) is 7.05 Å². The molecule has 0 aliphatic heterocycles. The highest BCUT2D eigenvalue weighted by Gasteiger charge is 2.10. The van der Waals surface area contributed by atoms with Crippen LogP contribution in [0, 0.1) is 0 Å². The minimum absolute atomic E-state index is 0.885. The molecule has 3 aromatic rings. The molecule has 0 amide bonds. The molecule has 4 heteroatoms. The van der Waals surface area contributed by atoms with E-state index in [1.165, 1.54) is 0 Å². The third-order valence-electron chi connectivity index (χ3n) is 2.90. The van der Waals surface area contributed by atoms with E-state index >= 15 is 0 Å². The smallest absolute Gasteiger partial charge is 0.117 e. The Bertz CT molecular complexity index is 669. The number of aryl methyl sites for hydroxylation is 2. The summed E-state index contributed by atoms with van der Waals surface area (Å²) in [6.45, 7) is 2.11. The number of nitrogens with zero attached hydrogens (tertiary/aromatic N) is 4. The summed E-state index contributed by atoms with van der Waals surface area (Å²) in [5.41, 5.74) is 3.85. The van der Waals surface area contributed by atoms with Crippen LogP contribution < -0.4 is 0 Å². The van der Waals surface area contributed by atoms with Crippen molar-refractivity contribution in [3.8, 4) is 0 Å². The molecule has 0 aliphatic rings. The van der Waals surface area contributed by atoms with Gasteiger partial charge in [-0.05, 0) is 12.1 Å². The zero-order valence-corrected chi connectivity index (χ0v) is 9.31. The second-order valence-electron chi connectivity index (χ2n) is 3.80. The number of hydrogen-bond donors (Lipinski definition) is 0. The lowest BCUT2D eigenvalue weighted by Gasteiger charge is -1.98. The number of aromatic nitrogens is 4. The Morgan fingerprint density at radius 3 is 2.75 bits per heavy atom. The SMILES string of the molecule is CCc1nc2c3nccnc3ccc2n1C. The lowest BCUT2D eigenvalue weighted by atomic mass is 10.2. The number of fused-ring (bicyclic) bond motifs is 3. The molecule has 4 nitrogen and oxygen atoms in total. The van der Waals surface area contributed by atoms with Gasteiger partial charge in [0.2, 0.25) is 0 Å². The first-order valence-electron chi connectivity index (χ1n) is 5.36. The minimum Gasteiger partial charge on any atom is -0.331 e. The Balaban J connectivity index is 2.51. The van der Waals surface area contributed by atoms with Crippen molar-refractivity contribution in [1.82, 2.24) is 19.5 Å². The summed E-state index contributed by atoms with van der Waals surface area (Å²) in [6, 6.07) is 4.05. The first-order chi connectivity index (χ1) is 7.81. The quantitative estimate of drug-likeness (QED) is 0.620. The number of hydrogen-bond acceptors (Lipinski definition) is 3. The van der Waals surface area contributed by atoms with Crippen molar-refractivity contribution in [1.29, 1.82) is 0 Å². The third-order valence-corrected chi connectivity index (χ3v) is 2.90. The molecule has 0 atom stereocenters. The Morgan fingerprint density at radius 1 is 1.12 bits per heavy atom. The fraction of sp³-hybridized carbons (Fsp3) is 0.250. The Kier molecular flexibility index (Phi) is 1.89. The molecule has 0 fully saturated rings. The normalized spacial score (nSPS) is 11.4. The molecule has 0 saturated heterocycles. The molecule has 1 aromatic carbocycles. The zero-order chi connectivity index (χ0) is 11.1. The molecule has 0 spiro atoms. The van der Waals surface area contributed by atoms with Gasteiger partial charge in [-0.25, -0.2) is 4.98 Å². The first-order valence-corrected chi connectivity index (χ1v) is 5.36. The van der Waals surface area contributed by atoms with Crippen LogP contribution in [0.1, 0.15) is 12.7 Å². The van der Waals surface area contributed by atoms with E-state index < -0.39 is 0 Å². The van der Waals surface area contributed by atoms with E-state index in [0.29, 0.717) is 0 Å². The van der Waals surface area contributed by atoms with E-state index in [4.69, 9.17) is 0 Å². The molecule has 0 unspecified atom stereocenters. The van der Waals surface area contributed by atoms with Crippen LogP contribution in [0.4, 0.5) is 0 Å². The van der Waals surface area contributed by atoms with Crippen molar-refractivity contribution in [2.75, 3.05) is 0 Å². The van der Waals surface area contributed by atoms with Gasteiger partial charge in [0.1, 0.15) is 16.9 Å². The van der Waals surface area contributed by atoms with Gasteiger partial charge in [0, 0.05) is 25.9 Å². The standard InChI is InChI=1S/C12H12N4/c1-3-10-15-12-9(16(10)2)5-4-8-11(12)14-7-6-13-8/h4-7H,3H2,1-2H3. The maximum absolute atomic E-state index is 4.62. The highest BCUT2D eigenvalue weighted by molar-refractivity contribution is 6.00. The van der Waals surface area contributed by atoms with E-state index in [2.05, 4.69) is 32.5 Å². The predicted octanol–water partition coefficient (Wildman–Crippen LogP) is 2.08. The third kappa shape index (κ3) is 1.13. The molecule has 3 rings (SSSR count). The van der Waals surface area contributed by atoms with Crippen LogP contribution in [0.25, 0.3) is 22.1 Å². The van der Waals surface area contributed by atoms with Crippen LogP contribution in [0.2, 0.25) is 0 Å². The number of rotatable bonds is 1. The van der Waals surface area contributed by atoms with Gasteiger partial charge in [-0.2, -0.15) is 0 Å². The van der Waals surface area contributed by atoms with Gasteiger partial charge in [0.25, 0.3) is 0 Å². The fourth-order valence-electron chi connectivity index (χ4n) is 2.05. The molecule has 0 saturated carbocycles. The van der Waals surface area contributed by atoms with Crippen LogP contribution in [0.3, 0.4) is 0 Å². The highest BCUT2D eigenvalue weighted by atomic mass is 15.1. The maximum atomic E-state index is 4.62. The summed E-state index contributed by atoms with van der Waals surface area (Å²) in [5.74, 6) is 1.08. The summed E-state index contributed by atoms with van der Waals surface area (Å²) in [4.78, 5) is 13.3. The summed E-state index contributed by atoms with van der Waals surface area (Å²) in [5, 5.41) is 0. The predicted molar refractivity (Wildman–Crippen MR) is 63.2 cm³/mol. The molecule has 0 aliphatic carbocycles. The van der Waals surface area contributed by atoms with Gasteiger partial charge in [-0.15, -0.1) is 0 Å². The molecular formula is C12H12N4. The van der Waals surface area contributed by atoms with Crippen molar-refractivity contribution in [2.45, 2.75) is 13.3 Å². The molecule has 2 aromatic heterocycles. The Hall–Kier alpha value is -1.97. The average Bonchev–Trinajstić information content (AvgIpc) is 2.67. The fourth-order valence-corrected chi connectivity index (χ4v) is 2.05. The minimum atomic E-state index is 0.885. The van der Waals surface area contributed by atoms with E-state index in [1.807, 2.05) is 13.1 Å². The lowest BCUT2D eigenvalue weighted by molar-refractivity contribution is 0.829. The average molecular weight is 212 g/mol. The van der Waals surface area contributed by atoms with Crippen molar-refractivity contribution >= 4 is 22.1 Å². The van der Waals surface area contributed by atoms with E-state index in [9.17, 15) is 0 Å². The van der Waals surface area contributed by atoms with E-state index in [0.717, 1.165) is 34.3 Å². The maximum Gasteiger partial charge on any atom is 0.117 e. The van der Waals surface area contributed by atoms with Crippen LogP contribution in [0.15, 0.2) is 24.5 Å². The highest BCUT2D eigenvalue weighted by Crippen LogP contribution is 2.22. The molecule has 0 radical (unpaired) electrons. The van der Waals surface area contributed by atoms with Crippen LogP contribution in [-0.2, 0) is 13.5 Å². The van der Waals surface area contributed by atoms with E-state index in [-0.39, 0.29) is 0 Å². The Labute approximate surface area is 93.0 Å². The zero-order valence-electron chi connectivity index (χ0n) is 9.31. The Morgan fingerprint density at radius 2 is 1.94 bits per heavy atom. The van der Waals surface area contributed by atoms with Gasteiger partial charge >= 0.3 is 0 Å². The molecule has 80 valence electrons. The van der Waals surface area contributed by atoms with Gasteiger partial charge in [0.05, 0.1) is 11.0 Å². The largest absolute Gasteiger partial charge is 0.331 e. The van der Waals surface area contributed by atoms with Crippen molar-refractivity contribution in [3.05, 3.63) is 30.4 Å².